The molecule has 4 aromatic rings. The van der Waals surface area contributed by atoms with E-state index >= 15 is 0 Å². The van der Waals surface area contributed by atoms with Gasteiger partial charge in [-0.3, -0.25) is 0 Å². The molecule has 5 rings (SSSR count). The van der Waals surface area contributed by atoms with E-state index < -0.39 is 5.97 Å². The molecular formula is C20H14N4O3. The minimum Gasteiger partial charge on any atom is -0.478 e. The highest BCUT2D eigenvalue weighted by atomic mass is 16.4. The summed E-state index contributed by atoms with van der Waals surface area (Å²) in [5.74, 6) is -0.382. The molecule has 1 aliphatic rings. The molecule has 0 amide bonds. The third-order valence-corrected chi connectivity index (χ3v) is 4.73. The van der Waals surface area contributed by atoms with Crippen LogP contribution in [0.25, 0.3) is 28.7 Å². The predicted octanol–water partition coefficient (Wildman–Crippen LogP) is 3.39. The molecule has 0 aliphatic heterocycles. The molecular weight excluding hydrogens is 344 g/mol. The summed E-state index contributed by atoms with van der Waals surface area (Å²) >= 11 is 0. The van der Waals surface area contributed by atoms with Gasteiger partial charge in [-0.15, -0.1) is 0 Å². The lowest BCUT2D eigenvalue weighted by atomic mass is 9.90. The van der Waals surface area contributed by atoms with Crippen LogP contribution in [-0.4, -0.2) is 30.8 Å². The van der Waals surface area contributed by atoms with Gasteiger partial charge in [0, 0.05) is 11.8 Å². The quantitative estimate of drug-likeness (QED) is 0.603. The van der Waals surface area contributed by atoms with E-state index in [0.717, 1.165) is 29.7 Å². The van der Waals surface area contributed by atoms with Crippen LogP contribution in [-0.2, 0) is 12.8 Å². The van der Waals surface area contributed by atoms with Crippen LogP contribution in [0.2, 0.25) is 0 Å². The number of rotatable bonds is 3. The van der Waals surface area contributed by atoms with Gasteiger partial charge in [-0.1, -0.05) is 24.3 Å². The SMILES string of the molecule is O=C(O)c1cnn(-c2ncc3c(n2)-c2ccccc2CC3)c1-c1ccco1. The van der Waals surface area contributed by atoms with E-state index in [0.29, 0.717) is 17.4 Å². The van der Waals surface area contributed by atoms with E-state index in [2.05, 4.69) is 16.1 Å². The number of carboxylic acids is 1. The number of fused-ring (bicyclic) bond motifs is 3. The molecule has 1 N–H and O–H groups in total. The first-order valence-corrected chi connectivity index (χ1v) is 8.52. The summed E-state index contributed by atoms with van der Waals surface area (Å²) in [6, 6.07) is 11.5. The van der Waals surface area contributed by atoms with Crippen LogP contribution in [0.5, 0.6) is 0 Å². The van der Waals surface area contributed by atoms with Crippen LogP contribution in [0.1, 0.15) is 21.5 Å². The van der Waals surface area contributed by atoms with E-state index in [-0.39, 0.29) is 5.56 Å². The highest BCUT2D eigenvalue weighted by Crippen LogP contribution is 2.33. The molecule has 7 heteroatoms. The molecule has 0 radical (unpaired) electrons. The Morgan fingerprint density at radius 2 is 1.93 bits per heavy atom. The maximum atomic E-state index is 11.6. The Morgan fingerprint density at radius 1 is 1.07 bits per heavy atom. The van der Waals surface area contributed by atoms with Crippen molar-refractivity contribution in [2.75, 3.05) is 0 Å². The maximum absolute atomic E-state index is 11.6. The van der Waals surface area contributed by atoms with E-state index in [9.17, 15) is 9.90 Å². The normalized spacial score (nSPS) is 12.4. The van der Waals surface area contributed by atoms with Gasteiger partial charge in [0.15, 0.2) is 5.76 Å². The standard InChI is InChI=1S/C20H14N4O3/c25-19(26)15-11-22-24(18(15)16-6-3-9-27-16)20-21-10-13-8-7-12-4-1-2-5-14(12)17(13)23-20/h1-6,9-11H,7-8H2,(H,25,26). The number of aromatic carboxylic acids is 1. The van der Waals surface area contributed by atoms with Crippen molar-refractivity contribution in [1.29, 1.82) is 0 Å². The van der Waals surface area contributed by atoms with Crippen LogP contribution in [0.15, 0.2) is 59.5 Å². The van der Waals surface area contributed by atoms with Crippen LogP contribution in [0.3, 0.4) is 0 Å². The fourth-order valence-corrected chi connectivity index (χ4v) is 3.46. The Hall–Kier alpha value is -3.74. The van der Waals surface area contributed by atoms with E-state index in [1.54, 1.807) is 18.3 Å². The van der Waals surface area contributed by atoms with Crippen molar-refractivity contribution in [2.45, 2.75) is 12.8 Å². The highest BCUT2D eigenvalue weighted by Gasteiger charge is 2.24. The van der Waals surface area contributed by atoms with E-state index in [4.69, 9.17) is 9.40 Å². The van der Waals surface area contributed by atoms with Gasteiger partial charge in [0.25, 0.3) is 5.95 Å². The summed E-state index contributed by atoms with van der Waals surface area (Å²) in [5.41, 5.74) is 4.60. The molecule has 3 aromatic heterocycles. The molecule has 0 unspecified atom stereocenters. The van der Waals surface area contributed by atoms with Crippen molar-refractivity contribution in [1.82, 2.24) is 19.7 Å². The highest BCUT2D eigenvalue weighted by molar-refractivity contribution is 5.94. The topological polar surface area (TPSA) is 94.0 Å². The minimum atomic E-state index is -1.09. The molecule has 3 heterocycles. The zero-order valence-corrected chi connectivity index (χ0v) is 14.2. The molecule has 0 atom stereocenters. The monoisotopic (exact) mass is 358 g/mol. The smallest absolute Gasteiger partial charge is 0.339 e. The third kappa shape index (κ3) is 2.43. The van der Waals surface area contributed by atoms with E-state index in [1.807, 2.05) is 18.2 Å². The molecule has 0 spiro atoms. The Bertz CT molecular complexity index is 1160. The maximum Gasteiger partial charge on any atom is 0.339 e. The molecule has 1 aliphatic carbocycles. The largest absolute Gasteiger partial charge is 0.478 e. The van der Waals surface area contributed by atoms with Crippen molar-refractivity contribution in [3.05, 3.63) is 71.7 Å². The lowest BCUT2D eigenvalue weighted by Gasteiger charge is -2.19. The predicted molar refractivity (Wildman–Crippen MR) is 96.7 cm³/mol. The molecule has 27 heavy (non-hydrogen) atoms. The second kappa shape index (κ2) is 5.91. The van der Waals surface area contributed by atoms with Crippen LogP contribution in [0.4, 0.5) is 0 Å². The number of furan rings is 1. The first-order chi connectivity index (χ1) is 13.2. The number of hydrogen-bond acceptors (Lipinski definition) is 5. The van der Waals surface area contributed by atoms with Gasteiger partial charge >= 0.3 is 5.97 Å². The first-order valence-electron chi connectivity index (χ1n) is 8.52. The zero-order valence-electron chi connectivity index (χ0n) is 14.2. The Kier molecular flexibility index (Phi) is 3.39. The third-order valence-electron chi connectivity index (χ3n) is 4.73. The van der Waals surface area contributed by atoms with Crippen molar-refractivity contribution >= 4 is 5.97 Å². The second-order valence-corrected chi connectivity index (χ2v) is 6.30. The average molecular weight is 358 g/mol. The number of carboxylic acid groups (broad SMARTS) is 1. The summed E-state index contributed by atoms with van der Waals surface area (Å²) in [4.78, 5) is 20.8. The van der Waals surface area contributed by atoms with Gasteiger partial charge in [0.2, 0.25) is 0 Å². The molecule has 132 valence electrons. The molecule has 0 bridgehead atoms. The van der Waals surface area contributed by atoms with Gasteiger partial charge in [-0.05, 0) is 36.1 Å². The van der Waals surface area contributed by atoms with Crippen molar-refractivity contribution in [3.63, 3.8) is 0 Å². The van der Waals surface area contributed by atoms with Crippen LogP contribution < -0.4 is 0 Å². The summed E-state index contributed by atoms with van der Waals surface area (Å²) in [5, 5.41) is 13.7. The zero-order chi connectivity index (χ0) is 18.4. The van der Waals surface area contributed by atoms with Gasteiger partial charge in [0.1, 0.15) is 11.3 Å². The fourth-order valence-electron chi connectivity index (χ4n) is 3.46. The molecule has 1 aromatic carbocycles. The second-order valence-electron chi connectivity index (χ2n) is 6.30. The summed E-state index contributed by atoms with van der Waals surface area (Å²) in [6.45, 7) is 0. The van der Waals surface area contributed by atoms with Gasteiger partial charge in [0.05, 0.1) is 18.2 Å². The first kappa shape index (κ1) is 15.5. The number of hydrogen-bond donors (Lipinski definition) is 1. The number of aromatic nitrogens is 4. The lowest BCUT2D eigenvalue weighted by Crippen LogP contribution is -2.11. The van der Waals surface area contributed by atoms with Crippen LogP contribution in [0, 0.1) is 0 Å². The summed E-state index contributed by atoms with van der Waals surface area (Å²) < 4.78 is 6.84. The number of benzene rings is 1. The molecule has 0 saturated carbocycles. The summed E-state index contributed by atoms with van der Waals surface area (Å²) in [7, 11) is 0. The minimum absolute atomic E-state index is 0.0340. The Morgan fingerprint density at radius 3 is 2.74 bits per heavy atom. The fraction of sp³-hybridized carbons (Fsp3) is 0.100. The van der Waals surface area contributed by atoms with Gasteiger partial charge in [-0.2, -0.15) is 9.78 Å². The number of carbonyl (C=O) groups is 1. The van der Waals surface area contributed by atoms with E-state index in [1.165, 1.54) is 22.7 Å². The Balaban J connectivity index is 1.71. The van der Waals surface area contributed by atoms with Crippen molar-refractivity contribution < 1.29 is 14.3 Å². The molecule has 7 nitrogen and oxygen atoms in total. The Labute approximate surface area is 153 Å². The van der Waals surface area contributed by atoms with Gasteiger partial charge < -0.3 is 9.52 Å². The van der Waals surface area contributed by atoms with Gasteiger partial charge in [-0.25, -0.2) is 14.8 Å². The summed E-state index contributed by atoms with van der Waals surface area (Å²) in [6.07, 6.45) is 6.40. The van der Waals surface area contributed by atoms with Crippen molar-refractivity contribution in [3.8, 4) is 28.7 Å². The molecule has 0 fully saturated rings. The number of nitrogens with zero attached hydrogens (tertiary/aromatic N) is 4. The van der Waals surface area contributed by atoms with Crippen molar-refractivity contribution in [2.24, 2.45) is 0 Å². The average Bonchev–Trinajstić information content (AvgIpc) is 3.36. The lowest BCUT2D eigenvalue weighted by molar-refractivity contribution is 0.0697. The van der Waals surface area contributed by atoms with Crippen LogP contribution >= 0.6 is 0 Å². The molecule has 0 saturated heterocycles. The number of aryl methyl sites for hydroxylation is 2.